The van der Waals surface area contributed by atoms with Gasteiger partial charge in [0.15, 0.2) is 23.0 Å². The predicted octanol–water partition coefficient (Wildman–Crippen LogP) is 4.48. The molecule has 0 aromatic heterocycles. The second kappa shape index (κ2) is 12.0. The van der Waals surface area contributed by atoms with Gasteiger partial charge >= 0.3 is 5.97 Å². The van der Waals surface area contributed by atoms with Gasteiger partial charge in [-0.3, -0.25) is 4.79 Å². The average Bonchev–Trinajstić information content (AvgIpc) is 3.27. The Morgan fingerprint density at radius 1 is 0.886 bits per heavy atom. The first kappa shape index (κ1) is 26.5. The van der Waals surface area contributed by atoms with E-state index in [4.69, 9.17) is 33.2 Å². The van der Waals surface area contributed by atoms with Crippen molar-refractivity contribution in [1.82, 2.24) is 0 Å². The molecule has 35 heavy (non-hydrogen) atoms. The van der Waals surface area contributed by atoms with Crippen LogP contribution in [0.25, 0.3) is 0 Å². The minimum atomic E-state index is -0.311. The molecule has 2 aromatic carbocycles. The molecule has 0 N–H and O–H groups in total. The molecule has 1 fully saturated rings. The van der Waals surface area contributed by atoms with E-state index in [9.17, 15) is 4.79 Å². The maximum atomic E-state index is 12.3. The molecule has 0 bridgehead atoms. The van der Waals surface area contributed by atoms with Crippen molar-refractivity contribution in [3.63, 3.8) is 0 Å². The third kappa shape index (κ3) is 5.93. The Morgan fingerprint density at radius 2 is 1.51 bits per heavy atom. The molecule has 1 heterocycles. The van der Waals surface area contributed by atoms with E-state index in [0.717, 1.165) is 17.5 Å². The van der Waals surface area contributed by atoms with Crippen molar-refractivity contribution >= 4 is 5.97 Å². The molecule has 192 valence electrons. The fourth-order valence-electron chi connectivity index (χ4n) is 4.42. The van der Waals surface area contributed by atoms with Gasteiger partial charge < -0.3 is 33.2 Å². The van der Waals surface area contributed by atoms with Crippen molar-refractivity contribution in [1.29, 1.82) is 0 Å². The first-order valence-corrected chi connectivity index (χ1v) is 11.7. The van der Waals surface area contributed by atoms with E-state index in [1.165, 1.54) is 0 Å². The average molecular weight is 489 g/mol. The van der Waals surface area contributed by atoms with E-state index in [-0.39, 0.29) is 36.4 Å². The van der Waals surface area contributed by atoms with Gasteiger partial charge in [0.25, 0.3) is 0 Å². The van der Waals surface area contributed by atoms with Crippen molar-refractivity contribution in [3.05, 3.63) is 41.5 Å². The zero-order chi connectivity index (χ0) is 25.5. The van der Waals surface area contributed by atoms with E-state index in [1.807, 2.05) is 44.2 Å². The maximum absolute atomic E-state index is 12.3. The van der Waals surface area contributed by atoms with Crippen LogP contribution >= 0.6 is 0 Å². The monoisotopic (exact) mass is 488 g/mol. The van der Waals surface area contributed by atoms with Crippen LogP contribution in [-0.4, -0.2) is 54.7 Å². The number of carbonyl (C=O) groups is 1. The van der Waals surface area contributed by atoms with Crippen molar-refractivity contribution in [3.8, 4) is 28.7 Å². The van der Waals surface area contributed by atoms with Crippen LogP contribution in [0.3, 0.4) is 0 Å². The summed E-state index contributed by atoms with van der Waals surface area (Å²) in [6.45, 7) is 4.41. The molecular formula is C27H36O8. The second-order valence-electron chi connectivity index (χ2n) is 8.81. The van der Waals surface area contributed by atoms with Crippen LogP contribution in [0.5, 0.6) is 28.7 Å². The summed E-state index contributed by atoms with van der Waals surface area (Å²) in [6, 6.07) is 9.67. The van der Waals surface area contributed by atoms with Crippen LogP contribution in [0, 0.1) is 17.8 Å². The van der Waals surface area contributed by atoms with Crippen molar-refractivity contribution < 1.29 is 38.0 Å². The van der Waals surface area contributed by atoms with Crippen molar-refractivity contribution in [2.75, 3.05) is 48.8 Å². The van der Waals surface area contributed by atoms with Crippen LogP contribution in [0.4, 0.5) is 0 Å². The number of ether oxygens (including phenoxy) is 7. The highest BCUT2D eigenvalue weighted by molar-refractivity contribution is 5.71. The molecule has 3 atom stereocenters. The first-order chi connectivity index (χ1) is 16.9. The van der Waals surface area contributed by atoms with Crippen molar-refractivity contribution in [2.45, 2.75) is 26.4 Å². The fraction of sp³-hybridized carbons (Fsp3) is 0.519. The topological polar surface area (TPSA) is 81.7 Å². The summed E-state index contributed by atoms with van der Waals surface area (Å²) < 4.78 is 39.4. The summed E-state index contributed by atoms with van der Waals surface area (Å²) in [4.78, 5) is 12.3. The minimum Gasteiger partial charge on any atom is -0.493 e. The zero-order valence-electron chi connectivity index (χ0n) is 21.6. The van der Waals surface area contributed by atoms with Crippen LogP contribution in [0.2, 0.25) is 0 Å². The Morgan fingerprint density at radius 3 is 2.06 bits per heavy atom. The van der Waals surface area contributed by atoms with Gasteiger partial charge in [-0.1, -0.05) is 19.9 Å². The Labute approximate surface area is 207 Å². The summed E-state index contributed by atoms with van der Waals surface area (Å²) in [5.74, 6) is 2.56. The van der Waals surface area contributed by atoms with E-state index in [0.29, 0.717) is 35.4 Å². The quantitative estimate of drug-likeness (QED) is 0.429. The zero-order valence-corrected chi connectivity index (χ0v) is 21.6. The van der Waals surface area contributed by atoms with E-state index in [1.54, 1.807) is 35.5 Å². The van der Waals surface area contributed by atoms with Gasteiger partial charge in [0.1, 0.15) is 0 Å². The molecule has 8 nitrogen and oxygen atoms in total. The smallest absolute Gasteiger partial charge is 0.308 e. The predicted molar refractivity (Wildman–Crippen MR) is 131 cm³/mol. The Bertz CT molecular complexity index is 978. The first-order valence-electron chi connectivity index (χ1n) is 11.7. The minimum absolute atomic E-state index is 0.0754. The molecule has 0 saturated carbocycles. The SMILES string of the molecule is COc1ccc(C[C@H]2CO[C@H](c3cc(OC)c(OC)c(OC)c3)[C@H]2COC(=O)C(C)C)cc1OC. The van der Waals surface area contributed by atoms with Gasteiger partial charge in [-0.25, -0.2) is 0 Å². The number of hydrogen-bond acceptors (Lipinski definition) is 8. The Balaban J connectivity index is 1.93. The van der Waals surface area contributed by atoms with Gasteiger partial charge in [0.2, 0.25) is 5.75 Å². The highest BCUT2D eigenvalue weighted by Gasteiger charge is 2.40. The number of carbonyl (C=O) groups excluding carboxylic acids is 1. The molecule has 0 unspecified atom stereocenters. The number of esters is 1. The Hall–Kier alpha value is -3.13. The summed E-state index contributed by atoms with van der Waals surface area (Å²) in [7, 11) is 7.97. The molecule has 1 saturated heterocycles. The molecule has 8 heteroatoms. The largest absolute Gasteiger partial charge is 0.493 e. The molecule has 0 radical (unpaired) electrons. The van der Waals surface area contributed by atoms with Gasteiger partial charge in [-0.2, -0.15) is 0 Å². The van der Waals surface area contributed by atoms with Crippen LogP contribution in [0.1, 0.15) is 31.1 Å². The lowest BCUT2D eigenvalue weighted by Gasteiger charge is -2.25. The summed E-state index contributed by atoms with van der Waals surface area (Å²) in [5, 5.41) is 0. The molecule has 0 spiro atoms. The summed E-state index contributed by atoms with van der Waals surface area (Å²) in [5.41, 5.74) is 1.96. The summed E-state index contributed by atoms with van der Waals surface area (Å²) >= 11 is 0. The highest BCUT2D eigenvalue weighted by atomic mass is 16.5. The van der Waals surface area contributed by atoms with Crippen molar-refractivity contribution in [2.24, 2.45) is 17.8 Å². The number of hydrogen-bond donors (Lipinski definition) is 0. The number of benzene rings is 2. The third-order valence-corrected chi connectivity index (χ3v) is 6.34. The number of rotatable bonds is 11. The molecule has 0 amide bonds. The maximum Gasteiger partial charge on any atom is 0.308 e. The molecule has 1 aliphatic heterocycles. The van der Waals surface area contributed by atoms with Crippen LogP contribution in [-0.2, 0) is 20.7 Å². The normalized spacial score (nSPS) is 19.4. The lowest BCUT2D eigenvalue weighted by atomic mass is 9.84. The molecule has 0 aliphatic carbocycles. The Kier molecular flexibility index (Phi) is 9.09. The van der Waals surface area contributed by atoms with Crippen LogP contribution < -0.4 is 23.7 Å². The lowest BCUT2D eigenvalue weighted by Crippen LogP contribution is -2.25. The second-order valence-corrected chi connectivity index (χ2v) is 8.81. The molecule has 2 aromatic rings. The van der Waals surface area contributed by atoms with Gasteiger partial charge in [0.05, 0.1) is 60.8 Å². The molecule has 3 rings (SSSR count). The molecular weight excluding hydrogens is 452 g/mol. The van der Waals surface area contributed by atoms with E-state index in [2.05, 4.69) is 0 Å². The lowest BCUT2D eigenvalue weighted by molar-refractivity contribution is -0.149. The highest BCUT2D eigenvalue weighted by Crippen LogP contribution is 2.46. The third-order valence-electron chi connectivity index (χ3n) is 6.34. The summed E-state index contributed by atoms with van der Waals surface area (Å²) in [6.07, 6.45) is 0.416. The van der Waals surface area contributed by atoms with Gasteiger partial charge in [0, 0.05) is 5.92 Å². The number of methoxy groups -OCH3 is 5. The van der Waals surface area contributed by atoms with Gasteiger partial charge in [-0.15, -0.1) is 0 Å². The van der Waals surface area contributed by atoms with E-state index >= 15 is 0 Å². The standard InChI is InChI=1S/C27H36O8/c1-16(2)27(28)35-15-20-19(10-17-8-9-21(29-3)22(11-17)30-4)14-34-25(20)18-12-23(31-5)26(33-7)24(13-18)32-6/h8-9,11-13,16,19-20,25H,10,14-15H2,1-7H3/t19-,20-,25+/m0/s1. The van der Waals surface area contributed by atoms with E-state index < -0.39 is 0 Å². The molecule has 1 aliphatic rings. The fourth-order valence-corrected chi connectivity index (χ4v) is 4.42. The van der Waals surface area contributed by atoms with Crippen LogP contribution in [0.15, 0.2) is 30.3 Å². The van der Waals surface area contributed by atoms with Gasteiger partial charge in [-0.05, 0) is 47.7 Å².